The van der Waals surface area contributed by atoms with E-state index in [1.165, 1.54) is 4.88 Å². The van der Waals surface area contributed by atoms with Crippen molar-refractivity contribution in [1.82, 2.24) is 5.32 Å². The zero-order valence-corrected chi connectivity index (χ0v) is 11.1. The van der Waals surface area contributed by atoms with Crippen LogP contribution in [0, 0.1) is 12.8 Å². The van der Waals surface area contributed by atoms with E-state index in [2.05, 4.69) is 21.2 Å². The largest absolute Gasteiger partial charge is 0.316 e. The maximum Gasteiger partial charge on any atom is 0.177 e. The number of thiophene rings is 1. The third-order valence-electron chi connectivity index (χ3n) is 2.77. The number of piperidine rings is 1. The summed E-state index contributed by atoms with van der Waals surface area (Å²) in [5, 5.41) is 3.28. The normalized spacial score (nSPS) is 21.6. The van der Waals surface area contributed by atoms with Gasteiger partial charge in [0.25, 0.3) is 0 Å². The Morgan fingerprint density at radius 1 is 1.67 bits per heavy atom. The summed E-state index contributed by atoms with van der Waals surface area (Å²) in [7, 11) is 0. The lowest BCUT2D eigenvalue weighted by Gasteiger charge is -2.20. The van der Waals surface area contributed by atoms with Gasteiger partial charge in [-0.25, -0.2) is 0 Å². The zero-order chi connectivity index (χ0) is 10.8. The summed E-state index contributed by atoms with van der Waals surface area (Å²) in [6.07, 6.45) is 2.14. The molecule has 2 nitrogen and oxygen atoms in total. The Bertz CT molecular complexity index is 349. The molecule has 2 rings (SSSR count). The maximum atomic E-state index is 12.1. The summed E-state index contributed by atoms with van der Waals surface area (Å²) in [5.74, 6) is 0.490. The molecule has 1 saturated heterocycles. The number of hydrogen-bond donors (Lipinski definition) is 1. The number of halogens is 1. The topological polar surface area (TPSA) is 29.1 Å². The molecule has 1 aliphatic rings. The molecule has 4 heteroatoms. The highest BCUT2D eigenvalue weighted by Crippen LogP contribution is 2.29. The molecule has 0 amide bonds. The summed E-state index contributed by atoms with van der Waals surface area (Å²) in [6.45, 7) is 3.93. The van der Waals surface area contributed by atoms with Gasteiger partial charge in [0.05, 0.1) is 4.88 Å². The molecule has 0 aliphatic carbocycles. The van der Waals surface area contributed by atoms with Crippen LogP contribution < -0.4 is 5.32 Å². The van der Waals surface area contributed by atoms with Crippen LogP contribution in [0.15, 0.2) is 10.5 Å². The molecule has 0 radical (unpaired) electrons. The van der Waals surface area contributed by atoms with Crippen molar-refractivity contribution >= 4 is 33.0 Å². The lowest BCUT2D eigenvalue weighted by molar-refractivity contribution is 0.0904. The van der Waals surface area contributed by atoms with E-state index in [1.54, 1.807) is 11.3 Å². The van der Waals surface area contributed by atoms with Crippen molar-refractivity contribution in [1.29, 1.82) is 0 Å². The van der Waals surface area contributed by atoms with Crippen molar-refractivity contribution in [2.24, 2.45) is 5.92 Å². The second kappa shape index (κ2) is 4.76. The van der Waals surface area contributed by atoms with Gasteiger partial charge < -0.3 is 5.32 Å². The van der Waals surface area contributed by atoms with Crippen molar-refractivity contribution in [3.05, 3.63) is 20.3 Å². The minimum Gasteiger partial charge on any atom is -0.316 e. The van der Waals surface area contributed by atoms with Crippen LogP contribution in [0.25, 0.3) is 0 Å². The monoisotopic (exact) mass is 287 g/mol. The third kappa shape index (κ3) is 2.49. The Labute approximate surface area is 102 Å². The fourth-order valence-electron chi connectivity index (χ4n) is 1.86. The fraction of sp³-hybridized carbons (Fsp3) is 0.545. The van der Waals surface area contributed by atoms with Gasteiger partial charge in [-0.2, -0.15) is 0 Å². The van der Waals surface area contributed by atoms with Crippen LogP contribution in [-0.2, 0) is 0 Å². The zero-order valence-electron chi connectivity index (χ0n) is 8.68. The first-order valence-electron chi connectivity index (χ1n) is 5.19. The molecule has 15 heavy (non-hydrogen) atoms. The van der Waals surface area contributed by atoms with E-state index < -0.39 is 0 Å². The number of Topliss-reactive ketones (excluding diaryl/α,β-unsaturated/α-hetero) is 1. The highest BCUT2D eigenvalue weighted by atomic mass is 79.9. The second-order valence-electron chi connectivity index (χ2n) is 3.92. The average Bonchev–Trinajstić information content (AvgIpc) is 2.59. The molecule has 1 fully saturated rings. The summed E-state index contributed by atoms with van der Waals surface area (Å²) < 4.78 is 1.06. The van der Waals surface area contributed by atoms with Crippen molar-refractivity contribution in [3.8, 4) is 0 Å². The van der Waals surface area contributed by atoms with Crippen LogP contribution in [0.3, 0.4) is 0 Å². The van der Waals surface area contributed by atoms with Crippen LogP contribution in [0.4, 0.5) is 0 Å². The highest BCUT2D eigenvalue weighted by molar-refractivity contribution is 9.10. The number of carbonyl (C=O) groups excluding carboxylic acids is 1. The molecule has 1 atom stereocenters. The average molecular weight is 288 g/mol. The number of aryl methyl sites for hydroxylation is 1. The molecular formula is C11H14BrNOS. The summed E-state index contributed by atoms with van der Waals surface area (Å²) in [5.41, 5.74) is 0. The van der Waals surface area contributed by atoms with Gasteiger partial charge in [0, 0.05) is 21.8 Å². The molecule has 0 bridgehead atoms. The molecule has 1 aromatic rings. The maximum absolute atomic E-state index is 12.1. The Morgan fingerprint density at radius 3 is 3.00 bits per heavy atom. The summed E-state index contributed by atoms with van der Waals surface area (Å²) >= 11 is 5.04. The molecule has 0 aromatic carbocycles. The third-order valence-corrected chi connectivity index (χ3v) is 4.92. The molecule has 1 unspecified atom stereocenters. The molecule has 1 aliphatic heterocycles. The first-order valence-corrected chi connectivity index (χ1v) is 6.80. The smallest absolute Gasteiger partial charge is 0.177 e. The predicted octanol–water partition coefficient (Wildman–Crippen LogP) is 3.00. The van der Waals surface area contributed by atoms with Gasteiger partial charge in [-0.1, -0.05) is 0 Å². The first-order chi connectivity index (χ1) is 7.18. The van der Waals surface area contributed by atoms with E-state index in [9.17, 15) is 4.79 Å². The number of nitrogens with one attached hydrogen (secondary N) is 1. The molecule has 0 spiro atoms. The lowest BCUT2D eigenvalue weighted by atomic mass is 9.94. The van der Waals surface area contributed by atoms with E-state index in [-0.39, 0.29) is 5.92 Å². The van der Waals surface area contributed by atoms with Crippen LogP contribution in [0.5, 0.6) is 0 Å². The fourth-order valence-corrected chi connectivity index (χ4v) is 3.41. The standard InChI is InChI=1S/C11H14BrNOS/c1-7-9(12)5-10(15-7)11(14)8-3-2-4-13-6-8/h5,8,13H,2-4,6H2,1H3. The second-order valence-corrected chi connectivity index (χ2v) is 6.03. The number of carbonyl (C=O) groups is 1. The van der Waals surface area contributed by atoms with Crippen molar-refractivity contribution in [2.45, 2.75) is 19.8 Å². The van der Waals surface area contributed by atoms with Gasteiger partial charge >= 0.3 is 0 Å². The van der Waals surface area contributed by atoms with Crippen LogP contribution in [-0.4, -0.2) is 18.9 Å². The van der Waals surface area contributed by atoms with E-state index in [0.717, 1.165) is 35.3 Å². The predicted molar refractivity (Wildman–Crippen MR) is 66.7 cm³/mol. The molecule has 0 saturated carbocycles. The van der Waals surface area contributed by atoms with Gasteiger partial charge in [-0.15, -0.1) is 11.3 Å². The number of rotatable bonds is 2. The van der Waals surface area contributed by atoms with Gasteiger partial charge in [0.2, 0.25) is 0 Å². The van der Waals surface area contributed by atoms with Crippen molar-refractivity contribution in [3.63, 3.8) is 0 Å². The highest BCUT2D eigenvalue weighted by Gasteiger charge is 2.23. The number of ketones is 1. The molecule has 1 aromatic heterocycles. The van der Waals surface area contributed by atoms with Crippen LogP contribution in [0.1, 0.15) is 27.4 Å². The van der Waals surface area contributed by atoms with E-state index >= 15 is 0 Å². The lowest BCUT2D eigenvalue weighted by Crippen LogP contribution is -2.34. The molecule has 2 heterocycles. The number of hydrogen-bond acceptors (Lipinski definition) is 3. The Hall–Kier alpha value is -0.190. The van der Waals surface area contributed by atoms with Crippen LogP contribution in [0.2, 0.25) is 0 Å². The van der Waals surface area contributed by atoms with Gasteiger partial charge in [0.1, 0.15) is 0 Å². The Morgan fingerprint density at radius 2 is 2.47 bits per heavy atom. The Kier molecular flexibility index (Phi) is 3.59. The Balaban J connectivity index is 2.12. The van der Waals surface area contributed by atoms with Gasteiger partial charge in [-0.05, 0) is 48.3 Å². The molecule has 82 valence electrons. The van der Waals surface area contributed by atoms with E-state index in [4.69, 9.17) is 0 Å². The van der Waals surface area contributed by atoms with Gasteiger partial charge in [0.15, 0.2) is 5.78 Å². The van der Waals surface area contributed by atoms with E-state index in [1.807, 2.05) is 13.0 Å². The van der Waals surface area contributed by atoms with Gasteiger partial charge in [-0.3, -0.25) is 4.79 Å². The summed E-state index contributed by atoms with van der Waals surface area (Å²) in [6, 6.07) is 1.96. The van der Waals surface area contributed by atoms with Crippen LogP contribution >= 0.6 is 27.3 Å². The molecule has 1 N–H and O–H groups in total. The van der Waals surface area contributed by atoms with E-state index in [0.29, 0.717) is 5.78 Å². The van der Waals surface area contributed by atoms with Crippen molar-refractivity contribution < 1.29 is 4.79 Å². The minimum atomic E-state index is 0.184. The SMILES string of the molecule is Cc1sc(C(=O)C2CCCNC2)cc1Br. The molecular weight excluding hydrogens is 274 g/mol. The minimum absolute atomic E-state index is 0.184. The summed E-state index contributed by atoms with van der Waals surface area (Å²) in [4.78, 5) is 14.2. The first kappa shape index (κ1) is 11.3. The van der Waals surface area contributed by atoms with Crippen molar-refractivity contribution in [2.75, 3.05) is 13.1 Å². The quantitative estimate of drug-likeness (QED) is 0.848.